The number of quaternary nitrogens is 2. The average Bonchev–Trinajstić information content (AvgIpc) is 3.47. The van der Waals surface area contributed by atoms with E-state index in [9.17, 15) is 19.8 Å². The molecule has 0 bridgehead atoms. The van der Waals surface area contributed by atoms with E-state index in [1.165, 1.54) is 21.9 Å². The molecule has 0 unspecified atom stereocenters. The molecule has 0 aliphatic heterocycles. The summed E-state index contributed by atoms with van der Waals surface area (Å²) in [5.41, 5.74) is 12.7. The number of aliphatic carboxylic acids is 2. The molecule has 208 valence electrons. The predicted octanol–water partition coefficient (Wildman–Crippen LogP) is -2.69. The lowest BCUT2D eigenvalue weighted by molar-refractivity contribution is -0.367. The van der Waals surface area contributed by atoms with E-state index >= 15 is 0 Å². The van der Waals surface area contributed by atoms with E-state index in [1.54, 1.807) is 14.2 Å². The highest BCUT2D eigenvalue weighted by Gasteiger charge is 2.05. The monoisotopic (exact) mass is 532 g/mol. The number of fused-ring (bicyclic) bond motifs is 2. The van der Waals surface area contributed by atoms with Gasteiger partial charge in [-0.05, 0) is 59.7 Å². The molecule has 0 radical (unpaired) electrons. The number of H-pyrrole nitrogens is 2. The number of carbonyl (C=O) groups is 2. The fourth-order valence-electron chi connectivity index (χ4n) is 3.50. The molecule has 0 spiro atoms. The van der Waals surface area contributed by atoms with E-state index in [4.69, 9.17) is 9.47 Å². The molecule has 12 N–H and O–H groups in total. The van der Waals surface area contributed by atoms with E-state index < -0.39 is 11.9 Å². The first-order chi connectivity index (χ1) is 17.3. The average molecular weight is 533 g/mol. The second kappa shape index (κ2) is 17.2. The van der Waals surface area contributed by atoms with Gasteiger partial charge in [0.05, 0.1) is 39.2 Å². The van der Waals surface area contributed by atoms with Crippen molar-refractivity contribution in [2.24, 2.45) is 0 Å². The lowest BCUT2D eigenvalue weighted by Crippen LogP contribution is -2.51. The van der Waals surface area contributed by atoms with E-state index in [-0.39, 0.29) is 11.0 Å². The van der Waals surface area contributed by atoms with Crippen LogP contribution in [0.25, 0.3) is 21.8 Å². The van der Waals surface area contributed by atoms with Crippen LogP contribution in [0.4, 0.5) is 0 Å². The topological polar surface area (TPSA) is 249 Å². The van der Waals surface area contributed by atoms with E-state index in [1.807, 2.05) is 24.3 Å². The fourth-order valence-corrected chi connectivity index (χ4v) is 3.50. The third-order valence-corrected chi connectivity index (χ3v) is 5.20. The van der Waals surface area contributed by atoms with Gasteiger partial charge in [-0.3, -0.25) is 0 Å². The van der Waals surface area contributed by atoms with Gasteiger partial charge in [0.2, 0.25) is 0 Å². The molecule has 4 aromatic rings. The first-order valence-corrected chi connectivity index (χ1v) is 11.3. The number of rotatable bonds is 8. The molecule has 2 heterocycles. The van der Waals surface area contributed by atoms with Crippen molar-refractivity contribution in [3.63, 3.8) is 0 Å². The van der Waals surface area contributed by atoms with Crippen LogP contribution in [-0.2, 0) is 22.4 Å². The number of benzene rings is 2. The highest BCUT2D eigenvalue weighted by molar-refractivity contribution is 5.87. The minimum Gasteiger partial charge on any atom is -0.545 e. The van der Waals surface area contributed by atoms with Crippen LogP contribution in [0, 0.1) is 0 Å². The standard InChI is InChI=1S/2C11H14N2O.C4H4O4.2H2O/c2*1-14-9-2-3-11-10(6-9)8(4-5-12)7-13-11;5-3(6)1-2-4(7)8;;/h2*2-3,6-7,13H,4-5,12H2,1H3;1-2H,(H,5,6)(H,7,8);2*1H2/b;;2-1+;;. The van der Waals surface area contributed by atoms with Crippen LogP contribution < -0.4 is 31.2 Å². The molecule has 0 fully saturated rings. The smallest absolute Gasteiger partial charge is 0.119 e. The summed E-state index contributed by atoms with van der Waals surface area (Å²) in [6.45, 7) is 1.84. The highest BCUT2D eigenvalue weighted by atomic mass is 16.5. The van der Waals surface area contributed by atoms with Crippen LogP contribution in [0.3, 0.4) is 0 Å². The predicted molar refractivity (Wildman–Crippen MR) is 139 cm³/mol. The first kappa shape index (κ1) is 33.6. The molecule has 2 aromatic carbocycles. The zero-order valence-corrected chi connectivity index (χ0v) is 21.5. The molecule has 2 aromatic heterocycles. The van der Waals surface area contributed by atoms with Crippen LogP contribution in [0.1, 0.15) is 11.1 Å². The number of hydrogen-bond acceptors (Lipinski definition) is 6. The minimum absolute atomic E-state index is 0. The number of hydrogen-bond donors (Lipinski definition) is 4. The maximum Gasteiger partial charge on any atom is 0.119 e. The Morgan fingerprint density at radius 3 is 1.42 bits per heavy atom. The zero-order chi connectivity index (χ0) is 26.5. The molecule has 0 atom stereocenters. The number of carboxylic acids is 2. The molecule has 4 rings (SSSR count). The van der Waals surface area contributed by atoms with Crippen LogP contribution >= 0.6 is 0 Å². The molecule has 0 aliphatic rings. The Labute approximate surface area is 219 Å². The van der Waals surface area contributed by atoms with Crippen LogP contribution in [0.5, 0.6) is 11.5 Å². The molecule has 12 heteroatoms. The van der Waals surface area contributed by atoms with Crippen LogP contribution in [-0.4, -0.2) is 60.2 Å². The Morgan fingerprint density at radius 2 is 1.13 bits per heavy atom. The first-order valence-electron chi connectivity index (χ1n) is 11.3. The lowest BCUT2D eigenvalue weighted by Gasteiger charge is -2.00. The largest absolute Gasteiger partial charge is 0.545 e. The van der Waals surface area contributed by atoms with Crippen molar-refractivity contribution in [3.05, 3.63) is 72.1 Å². The van der Waals surface area contributed by atoms with E-state index in [2.05, 4.69) is 46.0 Å². The maximum absolute atomic E-state index is 9.41. The summed E-state index contributed by atoms with van der Waals surface area (Å²) in [4.78, 5) is 25.3. The highest BCUT2D eigenvalue weighted by Crippen LogP contribution is 2.24. The number of carboxylic acid groups (broad SMARTS) is 2. The second-order valence-corrected chi connectivity index (χ2v) is 7.63. The Balaban J connectivity index is 0.000000549. The fraction of sp³-hybridized carbons (Fsp3) is 0.231. The SMILES string of the molecule is COc1ccc2[nH]cc(CC[NH3+])c2c1.COc1ccc2[nH]cc(CC[NH3+])c2c1.O.O.O=C([O-])/C=C/C(=O)[O-]. The number of carbonyl (C=O) groups excluding carboxylic acids is 2. The molecule has 38 heavy (non-hydrogen) atoms. The number of methoxy groups -OCH3 is 2. The quantitative estimate of drug-likeness (QED) is 0.176. The summed E-state index contributed by atoms with van der Waals surface area (Å²) in [6.07, 6.45) is 6.88. The number of nitrogens with one attached hydrogen (secondary N) is 2. The maximum atomic E-state index is 9.41. The van der Waals surface area contributed by atoms with Gasteiger partial charge in [0.1, 0.15) is 11.5 Å². The van der Waals surface area contributed by atoms with Gasteiger partial charge in [-0.25, -0.2) is 0 Å². The second-order valence-electron chi connectivity index (χ2n) is 7.63. The van der Waals surface area contributed by atoms with Crippen molar-refractivity contribution in [1.29, 1.82) is 0 Å². The van der Waals surface area contributed by atoms with Crippen molar-refractivity contribution < 1.29 is 51.7 Å². The number of aromatic nitrogens is 2. The molecule has 0 saturated heterocycles. The van der Waals surface area contributed by atoms with Gasteiger partial charge in [0.25, 0.3) is 0 Å². The van der Waals surface area contributed by atoms with Crippen LogP contribution in [0.2, 0.25) is 0 Å². The molecule has 0 amide bonds. The third kappa shape index (κ3) is 9.95. The zero-order valence-electron chi connectivity index (χ0n) is 21.5. The number of ether oxygens (including phenoxy) is 2. The summed E-state index contributed by atoms with van der Waals surface area (Å²) in [5.74, 6) is -1.28. The Bertz CT molecular complexity index is 1210. The van der Waals surface area contributed by atoms with Gasteiger partial charge in [0, 0.05) is 47.0 Å². The van der Waals surface area contributed by atoms with Gasteiger partial charge in [-0.1, -0.05) is 0 Å². The molecular weight excluding hydrogens is 496 g/mol. The molecule has 0 saturated carbocycles. The van der Waals surface area contributed by atoms with E-state index in [0.717, 1.165) is 48.5 Å². The normalized spacial score (nSPS) is 9.89. The summed E-state index contributed by atoms with van der Waals surface area (Å²) >= 11 is 0. The molecular formula is C26H36N4O8. The van der Waals surface area contributed by atoms with Gasteiger partial charge in [-0.2, -0.15) is 0 Å². The van der Waals surface area contributed by atoms with Gasteiger partial charge in [-0.15, -0.1) is 0 Å². The van der Waals surface area contributed by atoms with Gasteiger partial charge >= 0.3 is 0 Å². The third-order valence-electron chi connectivity index (χ3n) is 5.20. The molecule has 0 aliphatic carbocycles. The minimum atomic E-state index is -1.55. The summed E-state index contributed by atoms with van der Waals surface area (Å²) in [5, 5.41) is 21.3. The Hall–Kier alpha value is -4.36. The molecule has 12 nitrogen and oxygen atoms in total. The lowest BCUT2D eigenvalue weighted by atomic mass is 10.1. The summed E-state index contributed by atoms with van der Waals surface area (Å²) < 4.78 is 10.4. The van der Waals surface area contributed by atoms with Crippen molar-refractivity contribution in [1.82, 2.24) is 9.97 Å². The summed E-state index contributed by atoms with van der Waals surface area (Å²) in [7, 11) is 3.38. The van der Waals surface area contributed by atoms with Crippen molar-refractivity contribution >= 4 is 33.7 Å². The number of aromatic amines is 2. The van der Waals surface area contributed by atoms with Crippen molar-refractivity contribution in [3.8, 4) is 11.5 Å². The van der Waals surface area contributed by atoms with Crippen molar-refractivity contribution in [2.75, 3.05) is 27.3 Å². The van der Waals surface area contributed by atoms with E-state index in [0.29, 0.717) is 12.2 Å². The van der Waals surface area contributed by atoms with Gasteiger partial charge in [0.15, 0.2) is 0 Å². The van der Waals surface area contributed by atoms with Gasteiger partial charge < -0.3 is 61.7 Å². The van der Waals surface area contributed by atoms with Crippen LogP contribution in [0.15, 0.2) is 60.9 Å². The van der Waals surface area contributed by atoms with Crippen molar-refractivity contribution in [2.45, 2.75) is 12.8 Å². The Morgan fingerprint density at radius 1 is 0.763 bits per heavy atom. The Kier molecular flexibility index (Phi) is 15.2. The summed E-state index contributed by atoms with van der Waals surface area (Å²) in [6, 6.07) is 12.1.